The number of nitrogens with zero attached hydrogens (tertiary/aromatic N) is 1. The maximum absolute atomic E-state index is 12.4. The predicted molar refractivity (Wildman–Crippen MR) is 88.1 cm³/mol. The van der Waals surface area contributed by atoms with Crippen molar-refractivity contribution < 1.29 is 14.7 Å². The molecule has 5 nitrogen and oxygen atoms in total. The lowest BCUT2D eigenvalue weighted by atomic mass is 9.78. The van der Waals surface area contributed by atoms with Crippen LogP contribution < -0.4 is 5.32 Å². The Labute approximate surface area is 139 Å². The zero-order valence-electron chi connectivity index (χ0n) is 13.7. The highest BCUT2D eigenvalue weighted by Crippen LogP contribution is 2.29. The second kappa shape index (κ2) is 8.16. The number of rotatable bonds is 4. The van der Waals surface area contributed by atoms with Crippen molar-refractivity contribution in [1.82, 2.24) is 10.2 Å². The molecule has 0 aromatic carbocycles. The van der Waals surface area contributed by atoms with E-state index in [1.165, 1.54) is 12.8 Å². The Kier molecular flexibility index (Phi) is 7.13. The van der Waals surface area contributed by atoms with Gasteiger partial charge in [0.2, 0.25) is 5.91 Å². The molecule has 5 atom stereocenters. The van der Waals surface area contributed by atoms with Crippen LogP contribution in [-0.2, 0) is 9.59 Å². The molecule has 2 rings (SSSR count). The maximum Gasteiger partial charge on any atom is 0.307 e. The smallest absolute Gasteiger partial charge is 0.307 e. The first-order valence-corrected chi connectivity index (χ1v) is 8.17. The molecular formula is C16H29ClN2O3. The number of halogens is 1. The molecule has 1 amide bonds. The Hall–Kier alpha value is -0.810. The van der Waals surface area contributed by atoms with Crippen molar-refractivity contribution >= 4 is 24.3 Å². The fourth-order valence-electron chi connectivity index (χ4n) is 3.60. The van der Waals surface area contributed by atoms with E-state index < -0.39 is 5.97 Å². The Morgan fingerprint density at radius 1 is 1.23 bits per heavy atom. The molecule has 22 heavy (non-hydrogen) atoms. The number of hydrogen-bond donors (Lipinski definition) is 2. The fraction of sp³-hybridized carbons (Fsp3) is 0.875. The molecule has 2 fully saturated rings. The number of nitrogens with one attached hydrogen (secondary N) is 1. The van der Waals surface area contributed by atoms with Gasteiger partial charge < -0.3 is 10.4 Å². The first-order valence-electron chi connectivity index (χ1n) is 8.17. The largest absolute Gasteiger partial charge is 0.481 e. The van der Waals surface area contributed by atoms with Gasteiger partial charge in [0, 0.05) is 12.6 Å². The van der Waals surface area contributed by atoms with E-state index in [-0.39, 0.29) is 36.3 Å². The first kappa shape index (κ1) is 19.2. The van der Waals surface area contributed by atoms with Crippen molar-refractivity contribution in [2.45, 2.75) is 58.5 Å². The van der Waals surface area contributed by atoms with Crippen LogP contribution in [0.3, 0.4) is 0 Å². The van der Waals surface area contributed by atoms with Crippen molar-refractivity contribution in [3.05, 3.63) is 0 Å². The third-order valence-corrected chi connectivity index (χ3v) is 5.53. The molecule has 1 aliphatic heterocycles. The van der Waals surface area contributed by atoms with Gasteiger partial charge in [-0.05, 0) is 38.1 Å². The second-order valence-electron chi connectivity index (χ2n) is 6.88. The highest BCUT2D eigenvalue weighted by Gasteiger charge is 2.35. The van der Waals surface area contributed by atoms with Crippen molar-refractivity contribution in [3.63, 3.8) is 0 Å². The molecule has 1 saturated heterocycles. The van der Waals surface area contributed by atoms with Crippen LogP contribution in [0.2, 0.25) is 0 Å². The van der Waals surface area contributed by atoms with Crippen LogP contribution in [0.5, 0.6) is 0 Å². The normalized spacial score (nSPS) is 33.8. The number of carboxylic acid groups (broad SMARTS) is 1. The van der Waals surface area contributed by atoms with Gasteiger partial charge in [-0.15, -0.1) is 12.4 Å². The van der Waals surface area contributed by atoms with E-state index in [2.05, 4.69) is 19.2 Å². The van der Waals surface area contributed by atoms with Gasteiger partial charge in [0.1, 0.15) is 0 Å². The van der Waals surface area contributed by atoms with Crippen LogP contribution >= 0.6 is 12.4 Å². The van der Waals surface area contributed by atoms with E-state index in [1.54, 1.807) is 0 Å². The third-order valence-electron chi connectivity index (χ3n) is 5.53. The van der Waals surface area contributed by atoms with Crippen LogP contribution in [0, 0.1) is 17.8 Å². The molecule has 1 aliphatic carbocycles. The molecular weight excluding hydrogens is 304 g/mol. The van der Waals surface area contributed by atoms with Gasteiger partial charge in [-0.3, -0.25) is 14.5 Å². The minimum Gasteiger partial charge on any atom is -0.481 e. The monoisotopic (exact) mass is 332 g/mol. The van der Waals surface area contributed by atoms with Crippen molar-refractivity contribution in [2.75, 3.05) is 13.1 Å². The van der Waals surface area contributed by atoms with Crippen molar-refractivity contribution in [1.29, 1.82) is 0 Å². The summed E-state index contributed by atoms with van der Waals surface area (Å²) in [5, 5.41) is 12.2. The summed E-state index contributed by atoms with van der Waals surface area (Å²) in [5.41, 5.74) is 0. The minimum atomic E-state index is -0.750. The molecule has 2 aliphatic rings. The molecule has 0 aromatic heterocycles. The van der Waals surface area contributed by atoms with E-state index in [1.807, 2.05) is 11.8 Å². The molecule has 0 aromatic rings. The van der Waals surface area contributed by atoms with Crippen LogP contribution in [0.15, 0.2) is 0 Å². The van der Waals surface area contributed by atoms with Gasteiger partial charge in [-0.25, -0.2) is 0 Å². The van der Waals surface area contributed by atoms with Crippen LogP contribution in [0.1, 0.15) is 46.5 Å². The number of carbonyl (C=O) groups excluding carboxylic acids is 1. The SMILES string of the molecule is CC1CCCC(NC(=O)C(C)N2CCC(C(=O)O)C2)C1C.Cl. The minimum absolute atomic E-state index is 0. The van der Waals surface area contributed by atoms with Crippen molar-refractivity contribution in [2.24, 2.45) is 17.8 Å². The molecule has 6 heteroatoms. The zero-order chi connectivity index (χ0) is 15.6. The summed E-state index contributed by atoms with van der Waals surface area (Å²) in [6.07, 6.45) is 4.12. The lowest BCUT2D eigenvalue weighted by molar-refractivity contribution is -0.141. The van der Waals surface area contributed by atoms with Gasteiger partial charge in [-0.1, -0.05) is 26.7 Å². The summed E-state index contributed by atoms with van der Waals surface area (Å²) >= 11 is 0. The quantitative estimate of drug-likeness (QED) is 0.827. The molecule has 1 saturated carbocycles. The second-order valence-corrected chi connectivity index (χ2v) is 6.88. The first-order chi connectivity index (χ1) is 9.90. The molecule has 5 unspecified atom stereocenters. The average molecular weight is 333 g/mol. The van der Waals surface area contributed by atoms with E-state index in [0.717, 1.165) is 6.42 Å². The number of aliphatic carboxylic acids is 1. The molecule has 0 spiro atoms. The van der Waals surface area contributed by atoms with Crippen molar-refractivity contribution in [3.8, 4) is 0 Å². The number of likely N-dealkylation sites (tertiary alicyclic amines) is 1. The van der Waals surface area contributed by atoms with E-state index in [4.69, 9.17) is 5.11 Å². The van der Waals surface area contributed by atoms with E-state index in [9.17, 15) is 9.59 Å². The maximum atomic E-state index is 12.4. The lowest BCUT2D eigenvalue weighted by Gasteiger charge is -2.36. The number of hydrogen-bond acceptors (Lipinski definition) is 3. The van der Waals surface area contributed by atoms with Gasteiger partial charge >= 0.3 is 5.97 Å². The zero-order valence-corrected chi connectivity index (χ0v) is 14.6. The topological polar surface area (TPSA) is 69.6 Å². The highest BCUT2D eigenvalue weighted by atomic mass is 35.5. The number of carbonyl (C=O) groups is 2. The highest BCUT2D eigenvalue weighted by molar-refractivity contribution is 5.85. The summed E-state index contributed by atoms with van der Waals surface area (Å²) < 4.78 is 0. The Morgan fingerprint density at radius 3 is 2.50 bits per heavy atom. The summed E-state index contributed by atoms with van der Waals surface area (Å²) in [5.74, 6) is 0.142. The average Bonchev–Trinajstić information content (AvgIpc) is 2.93. The Bertz CT molecular complexity index is 405. The van der Waals surface area contributed by atoms with Gasteiger partial charge in [-0.2, -0.15) is 0 Å². The Morgan fingerprint density at radius 2 is 1.91 bits per heavy atom. The van der Waals surface area contributed by atoms with Gasteiger partial charge in [0.25, 0.3) is 0 Å². The Balaban J connectivity index is 0.00000242. The van der Waals surface area contributed by atoms with Crippen LogP contribution in [0.25, 0.3) is 0 Å². The summed E-state index contributed by atoms with van der Waals surface area (Å²) in [4.78, 5) is 25.4. The standard InChI is InChI=1S/C16H28N2O3.ClH/c1-10-5-4-6-14(11(10)2)17-15(19)12(3)18-8-7-13(9-18)16(20)21;/h10-14H,4-9H2,1-3H3,(H,17,19)(H,20,21);1H. The van der Waals surface area contributed by atoms with Crippen LogP contribution in [0.4, 0.5) is 0 Å². The van der Waals surface area contributed by atoms with Gasteiger partial charge in [0.15, 0.2) is 0 Å². The lowest BCUT2D eigenvalue weighted by Crippen LogP contribution is -2.51. The summed E-state index contributed by atoms with van der Waals surface area (Å²) in [6, 6.07) is 0.0281. The third kappa shape index (κ3) is 4.35. The molecule has 1 heterocycles. The fourth-order valence-corrected chi connectivity index (χ4v) is 3.60. The summed E-state index contributed by atoms with van der Waals surface area (Å²) in [6.45, 7) is 7.54. The molecule has 0 bridgehead atoms. The molecule has 0 radical (unpaired) electrons. The number of amides is 1. The molecule has 2 N–H and O–H groups in total. The van der Waals surface area contributed by atoms with E-state index >= 15 is 0 Å². The van der Waals surface area contributed by atoms with Gasteiger partial charge in [0.05, 0.1) is 12.0 Å². The predicted octanol–water partition coefficient (Wildman–Crippen LogP) is 2.14. The summed E-state index contributed by atoms with van der Waals surface area (Å²) in [7, 11) is 0. The number of carboxylic acids is 1. The molecule has 128 valence electrons. The van der Waals surface area contributed by atoms with Crippen LogP contribution in [-0.4, -0.2) is 47.1 Å². The van der Waals surface area contributed by atoms with E-state index in [0.29, 0.717) is 31.3 Å².